The fourth-order valence-corrected chi connectivity index (χ4v) is 6.79. The predicted octanol–water partition coefficient (Wildman–Crippen LogP) is 4.32. The van der Waals surface area contributed by atoms with Gasteiger partial charge in [-0.1, -0.05) is 66.7 Å². The van der Waals surface area contributed by atoms with Gasteiger partial charge in [-0.15, -0.1) is 0 Å². The molecule has 2 saturated heterocycles. The minimum absolute atomic E-state index is 0.00484. The first-order valence-electron chi connectivity index (χ1n) is 15.7. The van der Waals surface area contributed by atoms with Crippen molar-refractivity contribution in [1.29, 1.82) is 0 Å². The van der Waals surface area contributed by atoms with Crippen molar-refractivity contribution in [2.75, 3.05) is 11.5 Å². The number of aromatic hydroxyl groups is 1. The number of benzene rings is 4. The van der Waals surface area contributed by atoms with Gasteiger partial charge in [0.05, 0.1) is 18.8 Å². The molecule has 0 saturated carbocycles. The SMILES string of the molecule is O=C1C[C@H](CC[C@H](O)c2ccc(F)cc2)[C@@H](c2ccc(-c3ccc(C4O[C@H](CO)[C@@H](O)[C@H](O)[C@H]4O)cc3)cc2O)N1c1ccccc1. The first-order valence-corrected chi connectivity index (χ1v) is 15.7. The highest BCUT2D eigenvalue weighted by Gasteiger charge is 2.44. The topological polar surface area (TPSA) is 151 Å². The van der Waals surface area contributed by atoms with Crippen molar-refractivity contribution < 1.29 is 44.6 Å². The minimum atomic E-state index is -1.48. The summed E-state index contributed by atoms with van der Waals surface area (Å²) in [5.41, 5.74) is 3.86. The van der Waals surface area contributed by atoms with E-state index in [0.717, 1.165) is 5.56 Å². The van der Waals surface area contributed by atoms with E-state index < -0.39 is 49.3 Å². The van der Waals surface area contributed by atoms with E-state index in [1.807, 2.05) is 36.4 Å². The van der Waals surface area contributed by atoms with Gasteiger partial charge < -0.3 is 40.3 Å². The van der Waals surface area contributed by atoms with E-state index in [9.17, 15) is 39.8 Å². The standard InChI is InChI=1S/C37H38FNO8/c38-26-14-10-22(11-15-26)29(41)17-13-25-19-32(43)39(27-4-2-1-3-5-27)33(25)28-16-12-24(18-30(28)42)21-6-8-23(9-7-21)37-36(46)35(45)34(44)31(20-40)47-37/h1-12,14-16,18,25,29,31,33-37,40-42,44-46H,13,17,19-20H2/t25-,29-,31+,33-,34+,35-,36+,37?/m0/s1. The highest BCUT2D eigenvalue weighted by atomic mass is 19.1. The van der Waals surface area contributed by atoms with Crippen molar-refractivity contribution in [3.8, 4) is 16.9 Å². The summed E-state index contributed by atoms with van der Waals surface area (Å²) in [6.07, 6.45) is -6.07. The van der Waals surface area contributed by atoms with Gasteiger partial charge >= 0.3 is 0 Å². The summed E-state index contributed by atoms with van der Waals surface area (Å²) in [5, 5.41) is 62.6. The summed E-state index contributed by atoms with van der Waals surface area (Å²) in [4.78, 5) is 15.2. The number of halogens is 1. The molecule has 0 radical (unpaired) electrons. The number of phenolic OH excluding ortho intramolecular Hbond substituents is 1. The summed E-state index contributed by atoms with van der Waals surface area (Å²) in [5.74, 6) is -0.683. The number of carbonyl (C=O) groups excluding carboxylic acids is 1. The number of para-hydroxylation sites is 1. The zero-order chi connectivity index (χ0) is 33.2. The summed E-state index contributed by atoms with van der Waals surface area (Å²) < 4.78 is 19.1. The van der Waals surface area contributed by atoms with Crippen LogP contribution in [0, 0.1) is 11.7 Å². The zero-order valence-corrected chi connectivity index (χ0v) is 25.5. The highest BCUT2D eigenvalue weighted by Crippen LogP contribution is 2.47. The van der Waals surface area contributed by atoms with Gasteiger partial charge in [0.15, 0.2) is 0 Å². The maximum atomic E-state index is 13.5. The van der Waals surface area contributed by atoms with Crippen molar-refractivity contribution in [3.05, 3.63) is 120 Å². The summed E-state index contributed by atoms with van der Waals surface area (Å²) in [6, 6.07) is 26.8. The van der Waals surface area contributed by atoms with Crippen LogP contribution in [0.2, 0.25) is 0 Å². The van der Waals surface area contributed by atoms with E-state index in [2.05, 4.69) is 0 Å². The lowest BCUT2D eigenvalue weighted by Crippen LogP contribution is -2.55. The Morgan fingerprint density at radius 1 is 0.851 bits per heavy atom. The van der Waals surface area contributed by atoms with Crippen LogP contribution in [0.1, 0.15) is 54.2 Å². The molecule has 1 unspecified atom stereocenters. The number of amides is 1. The number of aliphatic hydroxyl groups excluding tert-OH is 5. The molecule has 47 heavy (non-hydrogen) atoms. The van der Waals surface area contributed by atoms with Gasteiger partial charge in [0.25, 0.3) is 0 Å². The molecule has 4 aromatic carbocycles. The molecule has 0 aromatic heterocycles. The molecule has 4 aromatic rings. The Hall–Kier alpha value is -4.16. The Morgan fingerprint density at radius 2 is 1.53 bits per heavy atom. The molecule has 2 heterocycles. The number of hydrogen-bond donors (Lipinski definition) is 6. The number of anilines is 1. The molecule has 0 aliphatic carbocycles. The van der Waals surface area contributed by atoms with Crippen LogP contribution < -0.4 is 4.90 Å². The fraction of sp³-hybridized carbons (Fsp3) is 0.324. The van der Waals surface area contributed by atoms with Gasteiger partial charge in [-0.3, -0.25) is 4.79 Å². The number of phenols is 1. The van der Waals surface area contributed by atoms with E-state index in [1.165, 1.54) is 12.1 Å². The predicted molar refractivity (Wildman–Crippen MR) is 172 cm³/mol. The normalized spacial score (nSPS) is 26.8. The van der Waals surface area contributed by atoms with Gasteiger partial charge in [-0.25, -0.2) is 4.39 Å². The Kier molecular flexibility index (Phi) is 9.70. The average Bonchev–Trinajstić information content (AvgIpc) is 3.42. The second-order valence-electron chi connectivity index (χ2n) is 12.3. The van der Waals surface area contributed by atoms with Crippen molar-refractivity contribution in [2.45, 2.75) is 61.9 Å². The van der Waals surface area contributed by atoms with E-state index in [0.29, 0.717) is 40.8 Å². The Bertz CT molecular complexity index is 1670. The summed E-state index contributed by atoms with van der Waals surface area (Å²) >= 11 is 0. The zero-order valence-electron chi connectivity index (χ0n) is 25.5. The lowest BCUT2D eigenvalue weighted by atomic mass is 9.86. The number of nitrogens with zero attached hydrogens (tertiary/aromatic N) is 1. The molecule has 9 nitrogen and oxygen atoms in total. The third-order valence-corrected chi connectivity index (χ3v) is 9.34. The molecule has 2 fully saturated rings. The van der Waals surface area contributed by atoms with Crippen LogP contribution in [-0.2, 0) is 9.53 Å². The molecule has 6 rings (SSSR count). The van der Waals surface area contributed by atoms with Crippen LogP contribution in [-0.4, -0.2) is 67.6 Å². The maximum absolute atomic E-state index is 13.5. The summed E-state index contributed by atoms with van der Waals surface area (Å²) in [7, 11) is 0. The molecule has 0 spiro atoms. The molecule has 246 valence electrons. The molecule has 10 heteroatoms. The average molecular weight is 644 g/mol. The Balaban J connectivity index is 1.25. The lowest BCUT2D eigenvalue weighted by molar-refractivity contribution is -0.231. The molecular formula is C37H38FNO8. The highest BCUT2D eigenvalue weighted by molar-refractivity contribution is 5.97. The fourth-order valence-electron chi connectivity index (χ4n) is 6.79. The molecule has 0 bridgehead atoms. The lowest BCUT2D eigenvalue weighted by Gasteiger charge is -2.40. The van der Waals surface area contributed by atoms with Gasteiger partial charge in [0.1, 0.15) is 42.1 Å². The van der Waals surface area contributed by atoms with Gasteiger partial charge in [-0.05, 0) is 71.3 Å². The van der Waals surface area contributed by atoms with Crippen molar-refractivity contribution in [1.82, 2.24) is 0 Å². The van der Waals surface area contributed by atoms with Crippen LogP contribution in [0.5, 0.6) is 5.75 Å². The van der Waals surface area contributed by atoms with E-state index in [1.54, 1.807) is 53.4 Å². The van der Waals surface area contributed by atoms with Gasteiger partial charge in [0, 0.05) is 17.7 Å². The van der Waals surface area contributed by atoms with Gasteiger partial charge in [-0.2, -0.15) is 0 Å². The van der Waals surface area contributed by atoms with Crippen LogP contribution >= 0.6 is 0 Å². The van der Waals surface area contributed by atoms with Gasteiger partial charge in [0.2, 0.25) is 5.91 Å². The molecule has 8 atom stereocenters. The molecule has 2 aliphatic rings. The second kappa shape index (κ2) is 13.9. The second-order valence-corrected chi connectivity index (χ2v) is 12.3. The first-order chi connectivity index (χ1) is 22.7. The molecule has 1 amide bonds. The van der Waals surface area contributed by atoms with E-state index in [4.69, 9.17) is 4.74 Å². The van der Waals surface area contributed by atoms with Crippen molar-refractivity contribution >= 4 is 11.6 Å². The van der Waals surface area contributed by atoms with E-state index in [-0.39, 0.29) is 29.8 Å². The first kappa shape index (κ1) is 32.8. The van der Waals surface area contributed by atoms with Crippen molar-refractivity contribution in [2.24, 2.45) is 5.92 Å². The maximum Gasteiger partial charge on any atom is 0.227 e. The monoisotopic (exact) mass is 643 g/mol. The summed E-state index contributed by atoms with van der Waals surface area (Å²) in [6.45, 7) is -0.519. The van der Waals surface area contributed by atoms with Crippen LogP contribution in [0.4, 0.5) is 10.1 Å². The number of hydrogen-bond acceptors (Lipinski definition) is 8. The number of aliphatic hydroxyl groups is 5. The molecular weight excluding hydrogens is 605 g/mol. The van der Waals surface area contributed by atoms with E-state index >= 15 is 0 Å². The number of ether oxygens (including phenoxy) is 1. The van der Waals surface area contributed by atoms with Crippen LogP contribution in [0.3, 0.4) is 0 Å². The van der Waals surface area contributed by atoms with Crippen molar-refractivity contribution in [3.63, 3.8) is 0 Å². The third kappa shape index (κ3) is 6.66. The van der Waals surface area contributed by atoms with Crippen LogP contribution in [0.15, 0.2) is 97.1 Å². The quantitative estimate of drug-likeness (QED) is 0.158. The number of rotatable bonds is 9. The number of carbonyl (C=O) groups is 1. The Labute approximate surface area is 271 Å². The third-order valence-electron chi connectivity index (χ3n) is 9.34. The largest absolute Gasteiger partial charge is 0.508 e. The molecule has 6 N–H and O–H groups in total. The minimum Gasteiger partial charge on any atom is -0.508 e. The van der Waals surface area contributed by atoms with Crippen LogP contribution in [0.25, 0.3) is 11.1 Å². The smallest absolute Gasteiger partial charge is 0.227 e. The molecule has 2 aliphatic heterocycles. The Morgan fingerprint density at radius 3 is 2.19 bits per heavy atom.